The van der Waals surface area contributed by atoms with E-state index < -0.39 is 0 Å². The van der Waals surface area contributed by atoms with Crippen molar-refractivity contribution in [3.05, 3.63) is 35.9 Å². The molecule has 15 heavy (non-hydrogen) atoms. The third kappa shape index (κ3) is 7.92. The number of hydrogen-bond acceptors (Lipinski definition) is 1. The highest BCUT2D eigenvalue weighted by Crippen LogP contribution is 1.97. The quantitative estimate of drug-likeness (QED) is 0.524. The largest absolute Gasteiger partial charge is 0.295 e. The van der Waals surface area contributed by atoms with E-state index in [2.05, 4.69) is 13.8 Å². The molecule has 0 N–H and O–H groups in total. The van der Waals surface area contributed by atoms with Crippen molar-refractivity contribution in [2.24, 2.45) is 0 Å². The van der Waals surface area contributed by atoms with Gasteiger partial charge in [-0.05, 0) is 6.92 Å². The number of benzene rings is 1. The zero-order valence-electron chi connectivity index (χ0n) is 10.1. The number of carbonyl (C=O) groups excluding carboxylic acids is 1. The molecule has 0 fully saturated rings. The van der Waals surface area contributed by atoms with E-state index in [0.717, 1.165) is 5.56 Å². The maximum absolute atomic E-state index is 10.6. The molecule has 0 aliphatic carbocycles. The van der Waals surface area contributed by atoms with Gasteiger partial charge in [-0.2, -0.15) is 0 Å². The molecule has 1 nitrogen and oxygen atoms in total. The van der Waals surface area contributed by atoms with Gasteiger partial charge in [-0.15, -0.1) is 0 Å². The first-order valence-electron chi connectivity index (χ1n) is 5.78. The van der Waals surface area contributed by atoms with Crippen molar-refractivity contribution < 1.29 is 4.79 Å². The van der Waals surface area contributed by atoms with Gasteiger partial charge < -0.3 is 0 Å². The number of unbranched alkanes of at least 4 members (excludes halogenated alkanes) is 3. The lowest BCUT2D eigenvalue weighted by atomic mass is 10.2. The van der Waals surface area contributed by atoms with Gasteiger partial charge in [-0.25, -0.2) is 0 Å². The van der Waals surface area contributed by atoms with Gasteiger partial charge >= 0.3 is 0 Å². The molecular weight excluding hydrogens is 184 g/mol. The van der Waals surface area contributed by atoms with Gasteiger partial charge in [0.2, 0.25) is 0 Å². The maximum Gasteiger partial charge on any atom is 0.159 e. The van der Waals surface area contributed by atoms with E-state index in [-0.39, 0.29) is 5.78 Å². The molecule has 0 saturated heterocycles. The predicted molar refractivity (Wildman–Crippen MR) is 66.3 cm³/mol. The van der Waals surface area contributed by atoms with Crippen LogP contribution in [0.3, 0.4) is 0 Å². The molecule has 0 unspecified atom stereocenters. The molecule has 0 aromatic heterocycles. The summed E-state index contributed by atoms with van der Waals surface area (Å²) in [6.07, 6.45) is 5.54. The molecule has 1 heteroatoms. The van der Waals surface area contributed by atoms with Crippen LogP contribution in [0.25, 0.3) is 0 Å². The summed E-state index contributed by atoms with van der Waals surface area (Å²) < 4.78 is 0. The molecule has 0 saturated carbocycles. The summed E-state index contributed by atoms with van der Waals surface area (Å²) >= 11 is 0. The molecule has 1 rings (SSSR count). The Labute approximate surface area is 93.5 Å². The third-order valence-electron chi connectivity index (χ3n) is 2.14. The third-order valence-corrected chi connectivity index (χ3v) is 2.14. The summed E-state index contributed by atoms with van der Waals surface area (Å²) in [4.78, 5) is 10.6. The highest BCUT2D eigenvalue weighted by molar-refractivity contribution is 5.93. The van der Waals surface area contributed by atoms with Crippen LogP contribution in [0.1, 0.15) is 56.8 Å². The Morgan fingerprint density at radius 3 is 1.73 bits per heavy atom. The van der Waals surface area contributed by atoms with Gasteiger partial charge in [-0.3, -0.25) is 4.79 Å². The highest BCUT2D eigenvalue weighted by atomic mass is 16.1. The Morgan fingerprint density at radius 2 is 1.47 bits per heavy atom. The van der Waals surface area contributed by atoms with Gasteiger partial charge in [0.15, 0.2) is 5.78 Å². The van der Waals surface area contributed by atoms with Crippen molar-refractivity contribution >= 4 is 5.78 Å². The minimum absolute atomic E-state index is 0.121. The van der Waals surface area contributed by atoms with E-state index in [0.29, 0.717) is 0 Å². The van der Waals surface area contributed by atoms with Crippen molar-refractivity contribution in [3.8, 4) is 0 Å². The lowest BCUT2D eigenvalue weighted by Crippen LogP contribution is -1.88. The number of carbonyl (C=O) groups is 1. The van der Waals surface area contributed by atoms with Crippen molar-refractivity contribution in [3.63, 3.8) is 0 Å². The molecule has 0 aliphatic rings. The summed E-state index contributed by atoms with van der Waals surface area (Å²) in [6.45, 7) is 6.03. The Bertz CT molecular complexity index is 247. The fourth-order valence-corrected chi connectivity index (χ4v) is 1.17. The molecule has 0 atom stereocenters. The molecule has 0 radical (unpaired) electrons. The number of ketones is 1. The number of rotatable bonds is 4. The molecular formula is C14H22O. The lowest BCUT2D eigenvalue weighted by molar-refractivity contribution is 0.101. The molecule has 0 bridgehead atoms. The average molecular weight is 206 g/mol. The summed E-state index contributed by atoms with van der Waals surface area (Å²) in [7, 11) is 0. The van der Waals surface area contributed by atoms with Crippen molar-refractivity contribution in [1.29, 1.82) is 0 Å². The fourth-order valence-electron chi connectivity index (χ4n) is 1.17. The van der Waals surface area contributed by atoms with Crippen LogP contribution in [0.15, 0.2) is 30.3 Å². The first-order valence-corrected chi connectivity index (χ1v) is 5.78. The van der Waals surface area contributed by atoms with Gasteiger partial charge in [-0.1, -0.05) is 69.9 Å². The first kappa shape index (κ1) is 13.9. The topological polar surface area (TPSA) is 17.1 Å². The molecule has 0 spiro atoms. The summed E-state index contributed by atoms with van der Waals surface area (Å²) in [5.41, 5.74) is 0.775. The normalized spacial score (nSPS) is 9.00. The van der Waals surface area contributed by atoms with E-state index in [1.54, 1.807) is 6.92 Å². The zero-order valence-corrected chi connectivity index (χ0v) is 10.1. The predicted octanol–water partition coefficient (Wildman–Crippen LogP) is 4.48. The second kappa shape index (κ2) is 9.45. The second-order valence-electron chi connectivity index (χ2n) is 3.63. The second-order valence-corrected chi connectivity index (χ2v) is 3.63. The van der Waals surface area contributed by atoms with E-state index >= 15 is 0 Å². The van der Waals surface area contributed by atoms with E-state index in [1.807, 2.05) is 30.3 Å². The van der Waals surface area contributed by atoms with Crippen LogP contribution in [-0.2, 0) is 0 Å². The van der Waals surface area contributed by atoms with Gasteiger partial charge in [0.05, 0.1) is 0 Å². The molecule has 0 heterocycles. The van der Waals surface area contributed by atoms with Crippen LogP contribution in [0.5, 0.6) is 0 Å². The summed E-state index contributed by atoms with van der Waals surface area (Å²) in [5.74, 6) is 0.121. The van der Waals surface area contributed by atoms with Crippen LogP contribution < -0.4 is 0 Å². The van der Waals surface area contributed by atoms with Crippen LogP contribution in [0, 0.1) is 0 Å². The fraction of sp³-hybridized carbons (Fsp3) is 0.500. The molecule has 1 aromatic carbocycles. The number of hydrogen-bond donors (Lipinski definition) is 0. The van der Waals surface area contributed by atoms with Crippen molar-refractivity contribution in [2.45, 2.75) is 46.5 Å². The van der Waals surface area contributed by atoms with E-state index in [1.165, 1.54) is 25.7 Å². The molecule has 84 valence electrons. The van der Waals surface area contributed by atoms with Crippen molar-refractivity contribution in [2.75, 3.05) is 0 Å². The van der Waals surface area contributed by atoms with Crippen LogP contribution in [0.4, 0.5) is 0 Å². The van der Waals surface area contributed by atoms with E-state index in [9.17, 15) is 4.79 Å². The smallest absolute Gasteiger partial charge is 0.159 e. The highest BCUT2D eigenvalue weighted by Gasteiger charge is 1.92. The standard InChI is InChI=1S/C8H8O.C6H14/c1-7(9)8-5-3-2-4-6-8;1-3-5-6-4-2/h2-6H,1H3;3-6H2,1-2H3. The minimum atomic E-state index is 0.121. The Hall–Kier alpha value is -1.11. The molecule has 0 amide bonds. The minimum Gasteiger partial charge on any atom is -0.295 e. The zero-order chi connectivity index (χ0) is 11.5. The summed E-state index contributed by atoms with van der Waals surface area (Å²) in [6, 6.07) is 9.23. The first-order chi connectivity index (χ1) is 7.22. The Morgan fingerprint density at radius 1 is 1.00 bits per heavy atom. The van der Waals surface area contributed by atoms with Crippen LogP contribution in [0.2, 0.25) is 0 Å². The summed E-state index contributed by atoms with van der Waals surface area (Å²) in [5, 5.41) is 0. The van der Waals surface area contributed by atoms with Crippen LogP contribution in [-0.4, -0.2) is 5.78 Å². The average Bonchev–Trinajstić information content (AvgIpc) is 2.28. The van der Waals surface area contributed by atoms with Gasteiger partial charge in [0.1, 0.15) is 0 Å². The van der Waals surface area contributed by atoms with Crippen LogP contribution >= 0.6 is 0 Å². The van der Waals surface area contributed by atoms with Gasteiger partial charge in [0, 0.05) is 5.56 Å². The van der Waals surface area contributed by atoms with Crippen molar-refractivity contribution in [1.82, 2.24) is 0 Å². The Balaban J connectivity index is 0.000000288. The Kier molecular flexibility index (Phi) is 8.75. The monoisotopic (exact) mass is 206 g/mol. The molecule has 0 aliphatic heterocycles. The molecule has 1 aromatic rings. The van der Waals surface area contributed by atoms with E-state index in [4.69, 9.17) is 0 Å². The lowest BCUT2D eigenvalue weighted by Gasteiger charge is -1.89. The SMILES string of the molecule is CC(=O)c1ccccc1.CCCCCC. The maximum atomic E-state index is 10.6. The number of Topliss-reactive ketones (excluding diaryl/α,β-unsaturated/α-hetero) is 1. The van der Waals surface area contributed by atoms with Gasteiger partial charge in [0.25, 0.3) is 0 Å².